The van der Waals surface area contributed by atoms with E-state index in [0.717, 1.165) is 22.3 Å². The third-order valence-electron chi connectivity index (χ3n) is 3.30. The highest BCUT2D eigenvalue weighted by molar-refractivity contribution is 5.93. The second-order valence-corrected chi connectivity index (χ2v) is 4.68. The number of para-hydroxylation sites is 1. The van der Waals surface area contributed by atoms with Crippen molar-refractivity contribution in [2.45, 2.75) is 0 Å². The molecule has 0 amide bonds. The first-order valence-corrected chi connectivity index (χ1v) is 6.48. The normalized spacial score (nSPS) is 10.5. The third-order valence-corrected chi connectivity index (χ3v) is 3.30. The zero-order valence-corrected chi connectivity index (χ0v) is 11.3. The Balaban J connectivity index is 2.29. The van der Waals surface area contributed by atoms with Crippen molar-refractivity contribution in [1.29, 1.82) is 0 Å². The summed E-state index contributed by atoms with van der Waals surface area (Å²) in [5.41, 5.74) is 22.1. The Morgan fingerprint density at radius 2 is 1.52 bits per heavy atom. The van der Waals surface area contributed by atoms with Crippen LogP contribution < -0.4 is 17.2 Å². The number of benzene rings is 1. The first kappa shape index (κ1) is 12.9. The first-order valence-electron chi connectivity index (χ1n) is 6.48. The van der Waals surface area contributed by atoms with Gasteiger partial charge in [-0.2, -0.15) is 0 Å². The summed E-state index contributed by atoms with van der Waals surface area (Å²) in [6, 6.07) is 13.2. The Labute approximate surface area is 122 Å². The van der Waals surface area contributed by atoms with Gasteiger partial charge in [0.25, 0.3) is 0 Å². The fraction of sp³-hybridized carbons (Fsp3) is 0. The second-order valence-electron chi connectivity index (χ2n) is 4.68. The molecule has 6 N–H and O–H groups in total. The maximum Gasteiger partial charge on any atom is 0.131 e. The van der Waals surface area contributed by atoms with Crippen molar-refractivity contribution in [2.75, 3.05) is 17.2 Å². The minimum Gasteiger partial charge on any atom is -0.398 e. The van der Waals surface area contributed by atoms with Gasteiger partial charge < -0.3 is 17.2 Å². The summed E-state index contributed by atoms with van der Waals surface area (Å²) in [5, 5.41) is 0. The monoisotopic (exact) mass is 277 g/mol. The Hall–Kier alpha value is -3.08. The number of hydrogen-bond acceptors (Lipinski definition) is 5. The van der Waals surface area contributed by atoms with Gasteiger partial charge in [0.15, 0.2) is 0 Å². The molecule has 1 aromatic carbocycles. The van der Waals surface area contributed by atoms with E-state index >= 15 is 0 Å². The van der Waals surface area contributed by atoms with Gasteiger partial charge in [0, 0.05) is 29.2 Å². The molecule has 5 heteroatoms. The molecule has 0 radical (unpaired) electrons. The van der Waals surface area contributed by atoms with Crippen molar-refractivity contribution >= 4 is 17.3 Å². The Bertz CT molecular complexity index is 798. The number of nitrogens with zero attached hydrogens (tertiary/aromatic N) is 2. The molecule has 0 fully saturated rings. The van der Waals surface area contributed by atoms with Crippen LogP contribution in [0, 0.1) is 0 Å². The lowest BCUT2D eigenvalue weighted by atomic mass is 9.95. The van der Waals surface area contributed by atoms with E-state index in [1.807, 2.05) is 36.4 Å². The molecule has 0 aliphatic rings. The summed E-state index contributed by atoms with van der Waals surface area (Å²) < 4.78 is 0. The van der Waals surface area contributed by atoms with Gasteiger partial charge in [0.2, 0.25) is 0 Å². The van der Waals surface area contributed by atoms with E-state index in [-0.39, 0.29) is 0 Å². The summed E-state index contributed by atoms with van der Waals surface area (Å²) >= 11 is 0. The highest BCUT2D eigenvalue weighted by Crippen LogP contribution is 2.38. The third kappa shape index (κ3) is 2.36. The van der Waals surface area contributed by atoms with E-state index in [0.29, 0.717) is 17.3 Å². The van der Waals surface area contributed by atoms with Gasteiger partial charge in [-0.3, -0.25) is 0 Å². The van der Waals surface area contributed by atoms with E-state index in [4.69, 9.17) is 17.2 Å². The van der Waals surface area contributed by atoms with Crippen molar-refractivity contribution in [2.24, 2.45) is 0 Å². The van der Waals surface area contributed by atoms with Crippen LogP contribution in [-0.2, 0) is 0 Å². The second kappa shape index (κ2) is 5.13. The van der Waals surface area contributed by atoms with E-state index in [1.54, 1.807) is 18.5 Å². The number of rotatable bonds is 2. The van der Waals surface area contributed by atoms with Crippen LogP contribution in [0.25, 0.3) is 22.3 Å². The number of aromatic nitrogens is 2. The lowest BCUT2D eigenvalue weighted by Gasteiger charge is -2.14. The van der Waals surface area contributed by atoms with Gasteiger partial charge in [-0.25, -0.2) is 9.97 Å². The van der Waals surface area contributed by atoms with Crippen molar-refractivity contribution in [3.05, 3.63) is 54.9 Å². The number of nitrogens with two attached hydrogens (primary N) is 3. The van der Waals surface area contributed by atoms with Gasteiger partial charge in [-0.15, -0.1) is 0 Å². The molecule has 0 spiro atoms. The molecule has 0 aliphatic heterocycles. The van der Waals surface area contributed by atoms with Crippen LogP contribution in [0.1, 0.15) is 0 Å². The van der Waals surface area contributed by atoms with Gasteiger partial charge in [-0.1, -0.05) is 18.2 Å². The van der Waals surface area contributed by atoms with Crippen LogP contribution in [0.5, 0.6) is 0 Å². The standard InChI is InChI=1S/C16H15N5/c17-13-4-2-1-3-12(13)15-11(6-8-21-16(15)19)10-5-7-20-14(18)9-10/h1-9H,17H2,(H2,18,20)(H2,19,21). The average Bonchev–Trinajstić information content (AvgIpc) is 2.48. The Kier molecular flexibility index (Phi) is 3.16. The SMILES string of the molecule is Nc1cc(-c2ccnc(N)c2-c2ccccc2N)ccn1. The summed E-state index contributed by atoms with van der Waals surface area (Å²) in [4.78, 5) is 8.19. The predicted octanol–water partition coefficient (Wildman–Crippen LogP) is 2.56. The highest BCUT2D eigenvalue weighted by Gasteiger charge is 2.14. The molecule has 2 aromatic heterocycles. The van der Waals surface area contributed by atoms with Crippen LogP contribution in [-0.4, -0.2) is 9.97 Å². The summed E-state index contributed by atoms with van der Waals surface area (Å²) in [6.45, 7) is 0. The van der Waals surface area contributed by atoms with Crippen LogP contribution in [0.2, 0.25) is 0 Å². The lowest BCUT2D eigenvalue weighted by Crippen LogP contribution is -1.99. The van der Waals surface area contributed by atoms with Crippen LogP contribution >= 0.6 is 0 Å². The van der Waals surface area contributed by atoms with Crippen LogP contribution in [0.4, 0.5) is 17.3 Å². The van der Waals surface area contributed by atoms with Crippen LogP contribution in [0.15, 0.2) is 54.9 Å². The fourth-order valence-corrected chi connectivity index (χ4v) is 2.34. The fourth-order valence-electron chi connectivity index (χ4n) is 2.34. The van der Waals surface area contributed by atoms with E-state index in [1.165, 1.54) is 0 Å². The minimum atomic E-state index is 0.431. The lowest BCUT2D eigenvalue weighted by molar-refractivity contribution is 1.32. The molecule has 21 heavy (non-hydrogen) atoms. The Morgan fingerprint density at radius 3 is 2.29 bits per heavy atom. The molecular weight excluding hydrogens is 262 g/mol. The summed E-state index contributed by atoms with van der Waals surface area (Å²) in [6.07, 6.45) is 3.34. The van der Waals surface area contributed by atoms with Crippen molar-refractivity contribution in [3.8, 4) is 22.3 Å². The van der Waals surface area contributed by atoms with Gasteiger partial charge >= 0.3 is 0 Å². The Morgan fingerprint density at radius 1 is 0.762 bits per heavy atom. The van der Waals surface area contributed by atoms with E-state index in [9.17, 15) is 0 Å². The van der Waals surface area contributed by atoms with Crippen molar-refractivity contribution in [3.63, 3.8) is 0 Å². The predicted molar refractivity (Wildman–Crippen MR) is 86.1 cm³/mol. The maximum atomic E-state index is 6.08. The molecule has 0 saturated heterocycles. The topological polar surface area (TPSA) is 104 Å². The zero-order valence-electron chi connectivity index (χ0n) is 11.3. The zero-order chi connectivity index (χ0) is 14.8. The molecule has 3 rings (SSSR count). The quantitative estimate of drug-likeness (QED) is 0.624. The molecule has 0 atom stereocenters. The molecule has 0 unspecified atom stereocenters. The number of pyridine rings is 2. The number of anilines is 3. The van der Waals surface area contributed by atoms with E-state index < -0.39 is 0 Å². The molecule has 2 heterocycles. The number of nitrogen functional groups attached to an aromatic ring is 3. The van der Waals surface area contributed by atoms with E-state index in [2.05, 4.69) is 9.97 Å². The summed E-state index contributed by atoms with van der Waals surface area (Å²) in [7, 11) is 0. The molecule has 104 valence electrons. The smallest absolute Gasteiger partial charge is 0.131 e. The molecule has 0 saturated carbocycles. The molecule has 0 aliphatic carbocycles. The van der Waals surface area contributed by atoms with Gasteiger partial charge in [-0.05, 0) is 35.4 Å². The number of hydrogen-bond donors (Lipinski definition) is 3. The minimum absolute atomic E-state index is 0.431. The molecule has 0 bridgehead atoms. The summed E-state index contributed by atoms with van der Waals surface area (Å²) in [5.74, 6) is 0.885. The largest absolute Gasteiger partial charge is 0.398 e. The molecular formula is C16H15N5. The van der Waals surface area contributed by atoms with Gasteiger partial charge in [0.05, 0.1) is 0 Å². The highest BCUT2D eigenvalue weighted by atomic mass is 14.8. The maximum absolute atomic E-state index is 6.08. The average molecular weight is 277 g/mol. The van der Waals surface area contributed by atoms with Gasteiger partial charge in [0.1, 0.15) is 11.6 Å². The van der Waals surface area contributed by atoms with Crippen molar-refractivity contribution < 1.29 is 0 Å². The molecule has 5 nitrogen and oxygen atoms in total. The first-order chi connectivity index (χ1) is 10.2. The molecule has 3 aromatic rings. The van der Waals surface area contributed by atoms with Crippen LogP contribution in [0.3, 0.4) is 0 Å². The van der Waals surface area contributed by atoms with Crippen molar-refractivity contribution in [1.82, 2.24) is 9.97 Å².